The zero-order valence-corrected chi connectivity index (χ0v) is 8.15. The van der Waals surface area contributed by atoms with Crippen molar-refractivity contribution in [2.45, 2.75) is 19.8 Å². The molecule has 0 atom stereocenters. The Kier molecular flexibility index (Phi) is 3.37. The molecule has 0 fully saturated rings. The number of halogens is 3. The smallest absolute Gasteiger partial charge is 0.241 e. The second kappa shape index (κ2) is 4.34. The Bertz CT molecular complexity index is 385. The minimum absolute atomic E-state index is 0.00810. The van der Waals surface area contributed by atoms with Gasteiger partial charge in [0.25, 0.3) is 6.43 Å². The number of rotatable bonds is 2. The first-order valence-electron chi connectivity index (χ1n) is 3.87. The van der Waals surface area contributed by atoms with Gasteiger partial charge in [-0.3, -0.25) is 0 Å². The van der Waals surface area contributed by atoms with Crippen molar-refractivity contribution in [2.75, 3.05) is 0 Å². The molecule has 14 heavy (non-hydrogen) atoms. The van der Waals surface area contributed by atoms with Gasteiger partial charge in [0.2, 0.25) is 0 Å². The molecular weight excluding hydrogens is 210 g/mol. The molecule has 0 saturated carbocycles. The Hall–Kier alpha value is -1.21. The molecule has 2 nitrogen and oxygen atoms in total. The molecule has 0 saturated heterocycles. The fourth-order valence-electron chi connectivity index (χ4n) is 1.07. The maximum absolute atomic E-state index is 12.4. The van der Waals surface area contributed by atoms with E-state index in [9.17, 15) is 8.78 Å². The molecule has 0 N–H and O–H groups in total. The van der Waals surface area contributed by atoms with E-state index in [-0.39, 0.29) is 22.8 Å². The number of aryl methyl sites for hydroxylation is 1. The Morgan fingerprint density at radius 1 is 1.64 bits per heavy atom. The van der Waals surface area contributed by atoms with Crippen LogP contribution in [0.5, 0.6) is 0 Å². The summed E-state index contributed by atoms with van der Waals surface area (Å²) < 4.78 is 24.8. The van der Waals surface area contributed by atoms with Crippen LogP contribution >= 0.6 is 11.6 Å². The van der Waals surface area contributed by atoms with Crippen LogP contribution in [0.4, 0.5) is 8.78 Å². The first-order valence-corrected chi connectivity index (χ1v) is 4.25. The topological polar surface area (TPSA) is 36.7 Å². The molecule has 0 aliphatic carbocycles. The van der Waals surface area contributed by atoms with Crippen LogP contribution in [-0.2, 0) is 6.42 Å². The Morgan fingerprint density at radius 2 is 2.29 bits per heavy atom. The van der Waals surface area contributed by atoms with Gasteiger partial charge in [0.15, 0.2) is 0 Å². The van der Waals surface area contributed by atoms with E-state index in [1.807, 2.05) is 6.07 Å². The molecular formula is C9H7ClF2N2. The summed E-state index contributed by atoms with van der Waals surface area (Å²) in [5, 5.41) is 8.54. The highest BCUT2D eigenvalue weighted by atomic mass is 35.5. The highest BCUT2D eigenvalue weighted by molar-refractivity contribution is 6.30. The van der Waals surface area contributed by atoms with Crippen LogP contribution in [0.1, 0.15) is 23.2 Å². The van der Waals surface area contributed by atoms with Crippen molar-refractivity contribution < 1.29 is 8.78 Å². The van der Waals surface area contributed by atoms with Crippen molar-refractivity contribution in [3.63, 3.8) is 0 Å². The summed E-state index contributed by atoms with van der Waals surface area (Å²) in [5.74, 6) is 0. The highest BCUT2D eigenvalue weighted by Gasteiger charge is 2.14. The van der Waals surface area contributed by atoms with E-state index in [2.05, 4.69) is 4.98 Å². The van der Waals surface area contributed by atoms with E-state index in [0.29, 0.717) is 5.56 Å². The standard InChI is InChI=1S/C9H7ClF2N2/c1-5-7(9(11)12)4-6(2-3-13)8(10)14-5/h4,9H,2H2,1H3. The predicted molar refractivity (Wildman–Crippen MR) is 48.3 cm³/mol. The van der Waals surface area contributed by atoms with Gasteiger partial charge < -0.3 is 0 Å². The van der Waals surface area contributed by atoms with Crippen molar-refractivity contribution in [1.82, 2.24) is 4.98 Å². The van der Waals surface area contributed by atoms with Gasteiger partial charge in [0.05, 0.1) is 12.5 Å². The average molecular weight is 217 g/mol. The third kappa shape index (κ3) is 2.18. The minimum atomic E-state index is -2.59. The lowest BCUT2D eigenvalue weighted by Gasteiger charge is -2.07. The zero-order valence-electron chi connectivity index (χ0n) is 7.39. The molecule has 0 aliphatic heterocycles. The van der Waals surface area contributed by atoms with E-state index >= 15 is 0 Å². The molecule has 1 aromatic rings. The summed E-state index contributed by atoms with van der Waals surface area (Å²) in [7, 11) is 0. The highest BCUT2D eigenvalue weighted by Crippen LogP contribution is 2.25. The molecule has 1 heterocycles. The van der Waals surface area contributed by atoms with Gasteiger partial charge >= 0.3 is 0 Å². The average Bonchev–Trinajstić information content (AvgIpc) is 2.09. The number of pyridine rings is 1. The molecule has 0 unspecified atom stereocenters. The number of aromatic nitrogens is 1. The van der Waals surface area contributed by atoms with Gasteiger partial charge in [-0.25, -0.2) is 13.8 Å². The van der Waals surface area contributed by atoms with E-state index < -0.39 is 6.43 Å². The van der Waals surface area contributed by atoms with Gasteiger partial charge in [-0.2, -0.15) is 5.26 Å². The van der Waals surface area contributed by atoms with Gasteiger partial charge in [-0.05, 0) is 13.0 Å². The number of nitrogens with zero attached hydrogens (tertiary/aromatic N) is 2. The van der Waals surface area contributed by atoms with E-state index in [1.165, 1.54) is 13.0 Å². The SMILES string of the molecule is Cc1nc(Cl)c(CC#N)cc1C(F)F. The van der Waals surface area contributed by atoms with Crippen LogP contribution in [0.15, 0.2) is 6.07 Å². The van der Waals surface area contributed by atoms with Crippen molar-refractivity contribution >= 4 is 11.6 Å². The van der Waals surface area contributed by atoms with Gasteiger partial charge in [-0.1, -0.05) is 11.6 Å². The van der Waals surface area contributed by atoms with Crippen molar-refractivity contribution in [2.24, 2.45) is 0 Å². The molecule has 5 heteroatoms. The summed E-state index contributed by atoms with van der Waals surface area (Å²) in [6.07, 6.45) is -2.59. The second-order valence-electron chi connectivity index (χ2n) is 2.75. The molecule has 0 radical (unpaired) electrons. The summed E-state index contributed by atoms with van der Waals surface area (Å²) in [6.45, 7) is 1.46. The van der Waals surface area contributed by atoms with E-state index in [1.54, 1.807) is 0 Å². The fraction of sp³-hybridized carbons (Fsp3) is 0.333. The van der Waals surface area contributed by atoms with Gasteiger partial charge in [-0.15, -0.1) is 0 Å². The molecule has 0 amide bonds. The molecule has 0 aliphatic rings. The first kappa shape index (κ1) is 10.9. The maximum Gasteiger partial charge on any atom is 0.265 e. The number of hydrogen-bond donors (Lipinski definition) is 0. The van der Waals surface area contributed by atoms with Crippen molar-refractivity contribution in [3.8, 4) is 6.07 Å². The summed E-state index contributed by atoms with van der Waals surface area (Å²) >= 11 is 5.68. The molecule has 0 spiro atoms. The largest absolute Gasteiger partial charge is 0.265 e. The lowest BCUT2D eigenvalue weighted by Crippen LogP contribution is -1.98. The lowest BCUT2D eigenvalue weighted by atomic mass is 10.1. The van der Waals surface area contributed by atoms with Crippen molar-refractivity contribution in [1.29, 1.82) is 5.26 Å². The molecule has 74 valence electrons. The van der Waals surface area contributed by atoms with Crippen LogP contribution in [0.2, 0.25) is 5.15 Å². The normalized spacial score (nSPS) is 10.3. The van der Waals surface area contributed by atoms with Crippen LogP contribution in [0.25, 0.3) is 0 Å². The molecule has 0 aromatic carbocycles. The first-order chi connectivity index (χ1) is 6.56. The Balaban J connectivity index is 3.21. The van der Waals surface area contributed by atoms with Gasteiger partial charge in [0, 0.05) is 16.8 Å². The van der Waals surface area contributed by atoms with Crippen LogP contribution in [-0.4, -0.2) is 4.98 Å². The molecule has 1 aromatic heterocycles. The minimum Gasteiger partial charge on any atom is -0.241 e. The molecule has 1 rings (SSSR count). The Labute approximate surface area is 85.1 Å². The zero-order chi connectivity index (χ0) is 10.7. The number of hydrogen-bond acceptors (Lipinski definition) is 2. The van der Waals surface area contributed by atoms with E-state index in [0.717, 1.165) is 0 Å². The van der Waals surface area contributed by atoms with E-state index in [4.69, 9.17) is 16.9 Å². The number of nitriles is 1. The summed E-state index contributed by atoms with van der Waals surface area (Å²) in [4.78, 5) is 3.75. The second-order valence-corrected chi connectivity index (χ2v) is 3.11. The third-order valence-electron chi connectivity index (χ3n) is 1.78. The fourth-order valence-corrected chi connectivity index (χ4v) is 1.31. The number of alkyl halides is 2. The summed E-state index contributed by atoms with van der Waals surface area (Å²) in [5.41, 5.74) is 0.376. The van der Waals surface area contributed by atoms with Crippen LogP contribution in [0, 0.1) is 18.3 Å². The Morgan fingerprint density at radius 3 is 2.79 bits per heavy atom. The monoisotopic (exact) mass is 216 g/mol. The van der Waals surface area contributed by atoms with Crippen LogP contribution < -0.4 is 0 Å². The molecule has 0 bridgehead atoms. The predicted octanol–water partition coefficient (Wildman–Crippen LogP) is 3.05. The van der Waals surface area contributed by atoms with Crippen LogP contribution in [0.3, 0.4) is 0 Å². The van der Waals surface area contributed by atoms with Gasteiger partial charge in [0.1, 0.15) is 5.15 Å². The van der Waals surface area contributed by atoms with Crippen molar-refractivity contribution in [3.05, 3.63) is 28.0 Å². The maximum atomic E-state index is 12.4. The third-order valence-corrected chi connectivity index (χ3v) is 2.11. The lowest BCUT2D eigenvalue weighted by molar-refractivity contribution is 0.150. The summed E-state index contributed by atoms with van der Waals surface area (Å²) in [6, 6.07) is 3.08. The quantitative estimate of drug-likeness (QED) is 0.713.